The van der Waals surface area contributed by atoms with Gasteiger partial charge in [0, 0.05) is 56.2 Å². The summed E-state index contributed by atoms with van der Waals surface area (Å²) in [6.45, 7) is 7.32. The van der Waals surface area contributed by atoms with Crippen LogP contribution in [0.5, 0.6) is 5.88 Å². The number of nitrogens with zero attached hydrogens (tertiary/aromatic N) is 6. The Balaban J connectivity index is 1.53. The molecule has 4 heterocycles. The highest BCUT2D eigenvalue weighted by Crippen LogP contribution is 2.31. The number of hydrogen-bond donors (Lipinski definition) is 1. The molecular weight excluding hydrogens is 508 g/mol. The van der Waals surface area contributed by atoms with Crippen molar-refractivity contribution in [2.45, 2.75) is 33.0 Å². The van der Waals surface area contributed by atoms with Crippen LogP contribution in [0.4, 0.5) is 16.0 Å². The highest BCUT2D eigenvalue weighted by Gasteiger charge is 2.21. The van der Waals surface area contributed by atoms with E-state index in [9.17, 15) is 4.39 Å². The lowest BCUT2D eigenvalue weighted by molar-refractivity contribution is 0.275. The maximum absolute atomic E-state index is 13.4. The van der Waals surface area contributed by atoms with Crippen molar-refractivity contribution in [1.29, 1.82) is 0 Å². The predicted octanol–water partition coefficient (Wildman–Crippen LogP) is 3.97. The first-order valence-corrected chi connectivity index (χ1v) is 12.9. The molecule has 8 nitrogen and oxygen atoms in total. The second kappa shape index (κ2) is 9.04. The molecule has 1 saturated heterocycles. The van der Waals surface area contributed by atoms with Crippen molar-refractivity contribution in [3.8, 4) is 5.88 Å². The van der Waals surface area contributed by atoms with Crippen LogP contribution in [0.25, 0.3) is 11.0 Å². The average Bonchev–Trinajstić information content (AvgIpc) is 3.40. The molecule has 1 fully saturated rings. The van der Waals surface area contributed by atoms with E-state index in [1.165, 1.54) is 9.12 Å². The Labute approximate surface area is 184 Å². The topological polar surface area (TPSA) is 73.0 Å². The van der Waals surface area contributed by atoms with Crippen molar-refractivity contribution in [1.82, 2.24) is 28.6 Å². The highest BCUT2D eigenvalue weighted by molar-refractivity contribution is 14.2. The molecule has 0 spiro atoms. The zero-order valence-corrected chi connectivity index (χ0v) is 19.3. The van der Waals surface area contributed by atoms with Gasteiger partial charge in [-0.1, -0.05) is 0 Å². The maximum atomic E-state index is 13.4. The lowest BCUT2D eigenvalue weighted by Gasteiger charge is -2.15. The minimum absolute atomic E-state index is 0.466. The van der Waals surface area contributed by atoms with Crippen LogP contribution in [0.2, 0.25) is 0 Å². The fraction of sp³-hybridized carbons (Fsp3) is 0.500. The normalized spacial score (nSPS) is 17.3. The first-order chi connectivity index (χ1) is 14.1. The molecule has 29 heavy (non-hydrogen) atoms. The molecule has 3 aromatic heterocycles. The summed E-state index contributed by atoms with van der Waals surface area (Å²) in [5, 5.41) is 8.63. The number of rotatable bonds is 8. The Morgan fingerprint density at radius 3 is 2.97 bits per heavy atom. The molecule has 0 aromatic carbocycles. The Kier molecular flexibility index (Phi) is 6.44. The molecule has 0 aliphatic carbocycles. The molecule has 0 bridgehead atoms. The lowest BCUT2D eigenvalue weighted by Crippen LogP contribution is -2.26. The summed E-state index contributed by atoms with van der Waals surface area (Å²) in [4.78, 5) is 11.3. The molecule has 0 unspecified atom stereocenters. The van der Waals surface area contributed by atoms with Crippen LogP contribution in [0.1, 0.15) is 19.0 Å². The molecule has 156 valence electrons. The van der Waals surface area contributed by atoms with E-state index in [-0.39, 0.29) is 0 Å². The van der Waals surface area contributed by atoms with E-state index in [1.54, 1.807) is 6.20 Å². The smallest absolute Gasteiger partial charge is 0.232 e. The zero-order valence-electron chi connectivity index (χ0n) is 16.3. The van der Waals surface area contributed by atoms with Crippen LogP contribution < -0.4 is 10.1 Å². The van der Waals surface area contributed by atoms with E-state index < -0.39 is 6.17 Å². The predicted molar refractivity (Wildman–Crippen MR) is 122 cm³/mol. The third kappa shape index (κ3) is 4.45. The third-order valence-electron chi connectivity index (χ3n) is 5.02. The SMILES string of the molecule is CCOc1nc(Nc2cnn(CCN3CC[C@H](F)C3)c2C)nc2c1ccn2SI. The summed E-state index contributed by atoms with van der Waals surface area (Å²) >= 11 is 2.22. The number of aromatic nitrogens is 5. The fourth-order valence-electron chi connectivity index (χ4n) is 3.46. The van der Waals surface area contributed by atoms with Gasteiger partial charge in [-0.15, -0.1) is 0 Å². The Bertz CT molecular complexity index is 994. The van der Waals surface area contributed by atoms with Gasteiger partial charge in [-0.05, 0) is 26.3 Å². The fourth-order valence-corrected chi connectivity index (χ4v) is 4.73. The van der Waals surface area contributed by atoms with Gasteiger partial charge in [0.15, 0.2) is 5.65 Å². The molecule has 1 aliphatic rings. The van der Waals surface area contributed by atoms with Gasteiger partial charge in [-0.2, -0.15) is 15.1 Å². The van der Waals surface area contributed by atoms with Gasteiger partial charge < -0.3 is 10.1 Å². The van der Waals surface area contributed by atoms with Crippen LogP contribution in [-0.2, 0) is 6.54 Å². The second-order valence-electron chi connectivity index (χ2n) is 6.91. The number of fused-ring (bicyclic) bond motifs is 1. The number of ether oxygens (including phenoxy) is 1. The van der Waals surface area contributed by atoms with Gasteiger partial charge in [0.1, 0.15) is 6.17 Å². The van der Waals surface area contributed by atoms with Crippen molar-refractivity contribution in [2.75, 3.05) is 31.6 Å². The monoisotopic (exact) mass is 531 g/mol. The van der Waals surface area contributed by atoms with Gasteiger partial charge in [0.25, 0.3) is 0 Å². The lowest BCUT2D eigenvalue weighted by atomic mass is 10.3. The van der Waals surface area contributed by atoms with Gasteiger partial charge in [-0.25, -0.2) is 4.39 Å². The molecular formula is C18H23FIN7OS. The highest BCUT2D eigenvalue weighted by atomic mass is 127. The molecule has 4 rings (SSSR count). The zero-order chi connectivity index (χ0) is 20.4. The number of hydrogen-bond acceptors (Lipinski definition) is 7. The van der Waals surface area contributed by atoms with Crippen LogP contribution in [0.3, 0.4) is 0 Å². The molecule has 0 amide bonds. The van der Waals surface area contributed by atoms with Crippen molar-refractivity contribution in [3.63, 3.8) is 0 Å². The molecule has 3 aromatic rings. The van der Waals surface area contributed by atoms with Crippen molar-refractivity contribution in [2.24, 2.45) is 0 Å². The summed E-state index contributed by atoms with van der Waals surface area (Å²) in [6, 6.07) is 1.96. The van der Waals surface area contributed by atoms with E-state index in [4.69, 9.17) is 4.74 Å². The van der Waals surface area contributed by atoms with Gasteiger partial charge in [0.05, 0.1) is 36.1 Å². The van der Waals surface area contributed by atoms with E-state index in [0.717, 1.165) is 42.0 Å². The molecule has 0 saturated carbocycles. The van der Waals surface area contributed by atoms with Gasteiger partial charge in [-0.3, -0.25) is 13.6 Å². The Morgan fingerprint density at radius 1 is 1.38 bits per heavy atom. The van der Waals surface area contributed by atoms with E-state index >= 15 is 0 Å². The molecule has 0 radical (unpaired) electrons. The van der Waals surface area contributed by atoms with Crippen molar-refractivity contribution in [3.05, 3.63) is 24.2 Å². The Morgan fingerprint density at radius 2 is 2.24 bits per heavy atom. The van der Waals surface area contributed by atoms with Crippen LogP contribution >= 0.6 is 30.3 Å². The number of nitrogens with one attached hydrogen (secondary N) is 1. The van der Waals surface area contributed by atoms with E-state index in [0.29, 0.717) is 31.4 Å². The third-order valence-corrected chi connectivity index (χ3v) is 6.74. The summed E-state index contributed by atoms with van der Waals surface area (Å²) in [5.74, 6) is 1.03. The summed E-state index contributed by atoms with van der Waals surface area (Å²) in [7, 11) is 1.54. The molecule has 11 heteroatoms. The summed E-state index contributed by atoms with van der Waals surface area (Å²) < 4.78 is 23.0. The first kappa shape index (κ1) is 20.7. The largest absolute Gasteiger partial charge is 0.477 e. The minimum atomic E-state index is -0.697. The average molecular weight is 531 g/mol. The number of alkyl halides is 1. The first-order valence-electron chi connectivity index (χ1n) is 9.56. The molecule has 1 atom stereocenters. The minimum Gasteiger partial charge on any atom is -0.477 e. The van der Waals surface area contributed by atoms with Crippen molar-refractivity contribution >= 4 is 53.0 Å². The van der Waals surface area contributed by atoms with E-state index in [1.807, 2.05) is 34.8 Å². The van der Waals surface area contributed by atoms with E-state index in [2.05, 4.69) is 46.5 Å². The maximum Gasteiger partial charge on any atom is 0.232 e. The Hall–Kier alpha value is -1.60. The summed E-state index contributed by atoms with van der Waals surface area (Å²) in [5.41, 5.74) is 2.63. The van der Waals surface area contributed by atoms with Gasteiger partial charge >= 0.3 is 0 Å². The summed E-state index contributed by atoms with van der Waals surface area (Å²) in [6.07, 6.45) is 3.66. The van der Waals surface area contributed by atoms with Crippen LogP contribution in [0.15, 0.2) is 18.5 Å². The molecule has 1 aliphatic heterocycles. The standard InChI is InChI=1S/C18H23FIN7OS/c1-3-28-17-14-5-7-27(29-20)16(14)23-18(24-17)22-15-10-21-26(12(15)2)9-8-25-6-4-13(19)11-25/h5,7,10,13H,3-4,6,8-9,11H2,1-2H3,(H,22,23,24)/t13-/m0/s1. The number of anilines is 2. The second-order valence-corrected chi connectivity index (χ2v) is 8.62. The van der Waals surface area contributed by atoms with Crippen molar-refractivity contribution < 1.29 is 9.13 Å². The van der Waals surface area contributed by atoms with Gasteiger partial charge in [0.2, 0.25) is 11.8 Å². The quantitative estimate of drug-likeness (QED) is 0.441. The number of halogens is 2. The number of likely N-dealkylation sites (tertiary alicyclic amines) is 1. The molecule has 1 N–H and O–H groups in total. The van der Waals surface area contributed by atoms with Crippen LogP contribution in [0, 0.1) is 6.92 Å². The van der Waals surface area contributed by atoms with Crippen LogP contribution in [-0.4, -0.2) is 61.0 Å².